The van der Waals surface area contributed by atoms with Crippen LogP contribution < -0.4 is 18.9 Å². The number of sulfone groups is 2. The number of ether oxygens (including phenoxy) is 7. The Balaban J connectivity index is 0.000000141. The van der Waals surface area contributed by atoms with Gasteiger partial charge in [-0.05, 0) is 216 Å². The van der Waals surface area contributed by atoms with E-state index in [1.807, 2.05) is 43.3 Å². The second-order valence-corrected chi connectivity index (χ2v) is 39.3. The molecule has 1 amide bonds. The molecule has 0 radical (unpaired) electrons. The Morgan fingerprint density at radius 3 is 1.38 bits per heavy atom. The van der Waals surface area contributed by atoms with Crippen molar-refractivity contribution in [3.63, 3.8) is 0 Å². The molecular weight excluding hydrogens is 1720 g/mol. The number of carbonyl (C=O) groups is 4. The van der Waals surface area contributed by atoms with Crippen LogP contribution >= 0.6 is 46.4 Å². The molecule has 16 nitrogen and oxygen atoms in total. The molecule has 122 heavy (non-hydrogen) atoms. The molecule has 8 aromatic rings. The molecule has 0 N–H and O–H groups in total. The van der Waals surface area contributed by atoms with E-state index in [4.69, 9.17) is 79.6 Å². The SMILES string of the molecule is CC(=O)O[C@@H]1CC[C@@]2(Cc3ccc(Cl)cc3)c3c(F)ccc(F)c3OC[C@H]2C1.CCN(C)C(=O)CO[C@@]12COc3c(F)ccc(F)c3[C@]1(Cc1ccc(Cl)cc1)CCC(=O)C2.CC[C@@H]1CC[C@@]2(S(=O)(=O)c3ccc(Cl)cc3)c3c(F)ccc(F)c3OC[C@H]2C1.CS(=O)(=O)CCCO[C@@]12COc3c(F)ccc(F)c3[C@]1(Cc1ccc(Cl)cc1)CCC(=O)C2. The zero-order valence-electron chi connectivity index (χ0n) is 67.8. The summed E-state index contributed by atoms with van der Waals surface area (Å²) in [6.07, 6.45) is 7.09. The molecule has 16 rings (SSSR count). The highest BCUT2D eigenvalue weighted by Gasteiger charge is 2.65. The van der Waals surface area contributed by atoms with E-state index in [9.17, 15) is 58.0 Å². The lowest BCUT2D eigenvalue weighted by molar-refractivity contribution is -0.176. The number of amides is 1. The molecule has 4 fully saturated rings. The Hall–Kier alpha value is -8.34. The summed E-state index contributed by atoms with van der Waals surface area (Å²) >= 11 is 24.0. The average molecular weight is 1810 g/mol. The van der Waals surface area contributed by atoms with Gasteiger partial charge in [0.15, 0.2) is 56.1 Å². The number of nitrogens with zero attached hydrogens (tertiary/aromatic N) is 1. The number of rotatable bonds is 19. The first-order chi connectivity index (χ1) is 58.0. The highest BCUT2D eigenvalue weighted by Crippen LogP contribution is 2.62. The largest absolute Gasteiger partial charge is 0.490 e. The van der Waals surface area contributed by atoms with Gasteiger partial charge in [0.2, 0.25) is 5.91 Å². The third-order valence-electron chi connectivity index (χ3n) is 25.9. The van der Waals surface area contributed by atoms with Crippen molar-refractivity contribution in [1.29, 1.82) is 0 Å². The normalized spacial score (nSPS) is 25.3. The molecule has 652 valence electrons. The Kier molecular flexibility index (Phi) is 27.8. The number of halogens is 12. The van der Waals surface area contributed by atoms with Crippen LogP contribution in [0.3, 0.4) is 0 Å². The van der Waals surface area contributed by atoms with E-state index in [2.05, 4.69) is 6.92 Å². The van der Waals surface area contributed by atoms with Crippen molar-refractivity contribution in [3.8, 4) is 23.0 Å². The van der Waals surface area contributed by atoms with Gasteiger partial charge in [-0.25, -0.2) is 52.0 Å². The summed E-state index contributed by atoms with van der Waals surface area (Å²) in [6.45, 7) is 5.53. The Bertz CT molecular complexity index is 5490. The summed E-state index contributed by atoms with van der Waals surface area (Å²) in [5, 5.41) is 2.13. The van der Waals surface area contributed by atoms with E-state index < -0.39 is 104 Å². The van der Waals surface area contributed by atoms with Crippen LogP contribution in [0.1, 0.15) is 150 Å². The fourth-order valence-corrected chi connectivity index (χ4v) is 23.2. The van der Waals surface area contributed by atoms with Crippen molar-refractivity contribution in [3.05, 3.63) is 251 Å². The van der Waals surface area contributed by atoms with Crippen LogP contribution in [0, 0.1) is 64.3 Å². The predicted molar refractivity (Wildman–Crippen MR) is 445 cm³/mol. The molecule has 4 heterocycles. The van der Waals surface area contributed by atoms with Gasteiger partial charge in [0, 0.05) is 124 Å². The molecule has 0 spiro atoms. The molecular formula is C92H93Cl4F8NO15S2. The number of ketones is 2. The van der Waals surface area contributed by atoms with Crippen LogP contribution in [0.15, 0.2) is 150 Å². The van der Waals surface area contributed by atoms with Gasteiger partial charge >= 0.3 is 5.97 Å². The van der Waals surface area contributed by atoms with Gasteiger partial charge in [0.25, 0.3) is 0 Å². The van der Waals surface area contributed by atoms with Crippen LogP contribution in [0.25, 0.3) is 0 Å². The number of likely N-dealkylation sites (N-methyl/N-ethyl adjacent to an activating group) is 1. The first kappa shape index (κ1) is 91.4. The molecule has 4 aliphatic heterocycles. The van der Waals surface area contributed by atoms with Gasteiger partial charge in [-0.2, -0.15) is 0 Å². The number of benzene rings is 8. The topological polar surface area (TPSA) is 204 Å². The number of carbonyl (C=O) groups excluding carboxylic acids is 4. The highest BCUT2D eigenvalue weighted by molar-refractivity contribution is 7.92. The number of Topliss-reactive ketones (excluding diaryl/α,β-unsaturated/α-hetero) is 2. The predicted octanol–water partition coefficient (Wildman–Crippen LogP) is 19.6. The molecule has 0 aromatic heterocycles. The number of esters is 1. The first-order valence-corrected chi connectivity index (χ1v) is 45.6. The molecule has 30 heteroatoms. The third-order valence-corrected chi connectivity index (χ3v) is 30.5. The van der Waals surface area contributed by atoms with Gasteiger partial charge in [0.1, 0.15) is 86.5 Å². The van der Waals surface area contributed by atoms with Crippen LogP contribution in [0.2, 0.25) is 20.1 Å². The minimum Gasteiger partial charge on any atom is -0.490 e. The third kappa shape index (κ3) is 18.1. The first-order valence-electron chi connectivity index (χ1n) is 40.6. The lowest BCUT2D eigenvalue weighted by Crippen LogP contribution is -2.64. The van der Waals surface area contributed by atoms with Crippen molar-refractivity contribution in [2.75, 3.05) is 65.2 Å². The Morgan fingerprint density at radius 1 is 0.500 bits per heavy atom. The highest BCUT2D eigenvalue weighted by atomic mass is 35.5. The van der Waals surface area contributed by atoms with E-state index in [0.717, 1.165) is 71.8 Å². The van der Waals surface area contributed by atoms with E-state index in [1.54, 1.807) is 43.4 Å². The van der Waals surface area contributed by atoms with Gasteiger partial charge < -0.3 is 38.1 Å². The summed E-state index contributed by atoms with van der Waals surface area (Å²) in [6, 6.07) is 35.9. The molecule has 0 unspecified atom stereocenters. The average Bonchev–Trinajstić information content (AvgIpc) is 0.716. The molecule has 4 aliphatic carbocycles. The lowest BCUT2D eigenvalue weighted by Gasteiger charge is -2.55. The van der Waals surface area contributed by atoms with Crippen LogP contribution in [0.4, 0.5) is 35.1 Å². The number of hydrogen-bond donors (Lipinski definition) is 0. The maximum atomic E-state index is 15.4. The number of hydrogen-bond acceptors (Lipinski definition) is 15. The van der Waals surface area contributed by atoms with Crippen LogP contribution in [-0.2, 0) is 93.3 Å². The Labute approximate surface area is 724 Å². The maximum Gasteiger partial charge on any atom is 0.302 e. The van der Waals surface area contributed by atoms with E-state index in [1.165, 1.54) is 42.2 Å². The second kappa shape index (κ2) is 37.1. The van der Waals surface area contributed by atoms with Gasteiger partial charge in [-0.3, -0.25) is 19.2 Å². The molecule has 0 saturated heterocycles. The maximum absolute atomic E-state index is 15.4. The van der Waals surface area contributed by atoms with Crippen molar-refractivity contribution in [2.24, 2.45) is 17.8 Å². The quantitative estimate of drug-likeness (QED) is 0.0419. The molecule has 4 saturated carbocycles. The van der Waals surface area contributed by atoms with Crippen LogP contribution in [-0.4, -0.2) is 128 Å². The van der Waals surface area contributed by atoms with E-state index >= 15 is 13.2 Å². The van der Waals surface area contributed by atoms with Crippen molar-refractivity contribution in [2.45, 2.75) is 173 Å². The van der Waals surface area contributed by atoms with E-state index in [-0.39, 0.29) is 190 Å². The summed E-state index contributed by atoms with van der Waals surface area (Å²) < 4.78 is 209. The minimum atomic E-state index is -4.03. The molecule has 10 atom stereocenters. The Morgan fingerprint density at radius 2 is 0.918 bits per heavy atom. The van der Waals surface area contributed by atoms with Crippen molar-refractivity contribution >= 4 is 89.5 Å². The fraction of sp³-hybridized carbons (Fsp3) is 0.435. The van der Waals surface area contributed by atoms with Crippen molar-refractivity contribution in [1.82, 2.24) is 4.90 Å². The standard InChI is InChI=1S/C25H26ClF2NO4.C24H25ClF2O5S.C22H21ClF2O3.C21H21ClF2O3S/c1-3-29(2)21(31)14-33-25-13-18(30)10-11-24(25,12-16-4-6-17(26)7-5-16)22-19(27)8-9-20(28)23(22)32-15-25;1-33(29,30)12-2-11-32-24-14-18(28)9-10-23(24,13-16-3-5-17(25)6-4-16)21-19(26)7-8-20(27)22(21)31-15-24;1-13(26)28-17-8-9-22(11-14-2-4-16(23)5-3-14)15(10-17)12-27-21-19(25)7-6-18(24)20(21)22;1-2-13-9-10-21(28(25,26)16-5-3-15(22)4-6-16)14(11-13)12-27-20-18(24)8-7-17(23)19(20)21/h4-9H,3,10-15H2,1-2H3;3-8H,2,9-15H2,1H3;2-7,15,17H,8-12H2,1H3;3-8,13-14H,2,9-12H2,1H3/t24-,25+;23-,24+;15-,17-,22+;13-,14-,21+/m1111/s1. The minimum absolute atomic E-state index is 0.0103. The fourth-order valence-electron chi connectivity index (χ4n) is 19.7. The van der Waals surface area contributed by atoms with Gasteiger partial charge in [-0.1, -0.05) is 96.1 Å². The van der Waals surface area contributed by atoms with Gasteiger partial charge in [0.05, 0.1) is 29.4 Å². The zero-order valence-corrected chi connectivity index (χ0v) is 72.4. The second-order valence-electron chi connectivity index (χ2n) is 33.1. The summed E-state index contributed by atoms with van der Waals surface area (Å²) in [5.41, 5.74) is -2.47. The van der Waals surface area contributed by atoms with Gasteiger partial charge in [-0.15, -0.1) is 0 Å². The molecule has 8 aromatic carbocycles. The number of fused-ring (bicyclic) bond motifs is 12. The van der Waals surface area contributed by atoms with Crippen LogP contribution in [0.5, 0.6) is 23.0 Å². The monoisotopic (exact) mass is 1810 g/mol. The van der Waals surface area contributed by atoms with E-state index in [0.29, 0.717) is 76.6 Å². The summed E-state index contributed by atoms with van der Waals surface area (Å²) in [7, 11) is -5.58. The summed E-state index contributed by atoms with van der Waals surface area (Å²) in [4.78, 5) is 50.8. The molecule has 8 aliphatic rings. The molecule has 0 bridgehead atoms. The lowest BCUT2D eigenvalue weighted by atomic mass is 9.55. The summed E-state index contributed by atoms with van der Waals surface area (Å²) in [5.74, 6) is -6.68. The van der Waals surface area contributed by atoms with Crippen molar-refractivity contribution < 1.29 is 104 Å². The smallest absolute Gasteiger partial charge is 0.302 e. The zero-order chi connectivity index (χ0) is 87.7.